The van der Waals surface area contributed by atoms with Crippen molar-refractivity contribution in [3.63, 3.8) is 0 Å². The molecule has 8 nitrogen and oxygen atoms in total. The Bertz CT molecular complexity index is 1360. The smallest absolute Gasteiger partial charge is 0.268 e. The number of methoxy groups -OCH3 is 2. The topological polar surface area (TPSA) is 99.0 Å². The Hall–Kier alpha value is -3.85. The minimum Gasteiger partial charge on any atom is -0.497 e. The van der Waals surface area contributed by atoms with Crippen LogP contribution < -0.4 is 14.8 Å². The van der Waals surface area contributed by atoms with E-state index in [0.717, 1.165) is 9.66 Å². The predicted molar refractivity (Wildman–Crippen MR) is 119 cm³/mol. The Labute approximate surface area is 179 Å². The minimum atomic E-state index is -3.97. The van der Waals surface area contributed by atoms with Crippen molar-refractivity contribution >= 4 is 38.0 Å². The monoisotopic (exact) mass is 437 g/mol. The number of nitrogens with zero attached hydrogens (tertiary/aromatic N) is 2. The van der Waals surface area contributed by atoms with E-state index >= 15 is 0 Å². The number of aromatic nitrogens is 1. The van der Waals surface area contributed by atoms with Gasteiger partial charge in [-0.3, -0.25) is 0 Å². The molecule has 31 heavy (non-hydrogen) atoms. The summed E-state index contributed by atoms with van der Waals surface area (Å²) in [6, 6.07) is 18.1. The lowest BCUT2D eigenvalue weighted by Crippen LogP contribution is -2.11. The van der Waals surface area contributed by atoms with Crippen LogP contribution in [0.4, 0.5) is 17.1 Å². The van der Waals surface area contributed by atoms with E-state index in [1.165, 1.54) is 31.5 Å². The quantitative estimate of drug-likeness (QED) is 0.407. The highest BCUT2D eigenvalue weighted by molar-refractivity contribution is 7.90. The molecule has 0 saturated carbocycles. The van der Waals surface area contributed by atoms with Gasteiger partial charge in [0.25, 0.3) is 10.0 Å². The maximum absolute atomic E-state index is 13.3. The van der Waals surface area contributed by atoms with Crippen molar-refractivity contribution in [2.45, 2.75) is 4.90 Å². The number of rotatable bonds is 7. The van der Waals surface area contributed by atoms with Crippen LogP contribution in [-0.2, 0) is 10.0 Å². The number of anilines is 2. The average Bonchev–Trinajstić information content (AvgIpc) is 3.26. The van der Waals surface area contributed by atoms with Gasteiger partial charge in [-0.2, -0.15) is 0 Å². The summed E-state index contributed by atoms with van der Waals surface area (Å²) >= 11 is 0. The van der Waals surface area contributed by atoms with E-state index in [4.69, 9.17) is 9.47 Å². The molecule has 1 aromatic heterocycles. The lowest BCUT2D eigenvalue weighted by atomic mass is 10.2. The fourth-order valence-corrected chi connectivity index (χ4v) is 4.67. The highest BCUT2D eigenvalue weighted by Gasteiger charge is 2.22. The second-order valence-electron chi connectivity index (χ2n) is 6.63. The largest absolute Gasteiger partial charge is 0.497 e. The van der Waals surface area contributed by atoms with Gasteiger partial charge in [0, 0.05) is 29.0 Å². The summed E-state index contributed by atoms with van der Waals surface area (Å²) in [5.74, 6) is 1.21. The molecule has 0 atom stereocenters. The molecule has 0 aliphatic rings. The van der Waals surface area contributed by atoms with Crippen molar-refractivity contribution in [3.05, 3.63) is 77.8 Å². The number of hydrogen-bond acceptors (Lipinski definition) is 7. The molecule has 4 aromatic rings. The number of fused-ring (bicyclic) bond motifs is 1. The summed E-state index contributed by atoms with van der Waals surface area (Å²) in [5, 5.41) is 6.82. The number of nitroso groups, excluding NO2 is 1. The number of ether oxygens (including phenoxy) is 2. The molecule has 158 valence electrons. The van der Waals surface area contributed by atoms with E-state index in [1.807, 2.05) is 24.3 Å². The summed E-state index contributed by atoms with van der Waals surface area (Å²) in [6.07, 6.45) is 1.41. The molecule has 0 spiro atoms. The molecule has 0 radical (unpaired) electrons. The molecule has 0 saturated heterocycles. The lowest BCUT2D eigenvalue weighted by molar-refractivity contribution is 0.414. The van der Waals surface area contributed by atoms with Gasteiger partial charge in [-0.05, 0) is 59.8 Å². The van der Waals surface area contributed by atoms with Crippen molar-refractivity contribution in [3.8, 4) is 11.5 Å². The van der Waals surface area contributed by atoms with Crippen molar-refractivity contribution in [2.75, 3.05) is 19.5 Å². The number of benzene rings is 3. The molecule has 9 heteroatoms. The fourth-order valence-electron chi connectivity index (χ4n) is 3.31. The highest BCUT2D eigenvalue weighted by atomic mass is 32.2. The number of nitrogens with one attached hydrogen (secondary N) is 1. The Morgan fingerprint density at radius 3 is 2.32 bits per heavy atom. The molecule has 0 amide bonds. The van der Waals surface area contributed by atoms with E-state index < -0.39 is 10.0 Å². The van der Waals surface area contributed by atoms with Crippen LogP contribution in [0, 0.1) is 4.91 Å². The molecular formula is C22H19N3O5S. The van der Waals surface area contributed by atoms with E-state index in [1.54, 1.807) is 31.4 Å². The van der Waals surface area contributed by atoms with Crippen molar-refractivity contribution < 1.29 is 17.9 Å². The zero-order valence-electron chi connectivity index (χ0n) is 16.8. The van der Waals surface area contributed by atoms with Gasteiger partial charge in [-0.15, -0.1) is 4.91 Å². The number of hydrogen-bond donors (Lipinski definition) is 1. The molecule has 0 unspecified atom stereocenters. The zero-order valence-corrected chi connectivity index (χ0v) is 17.6. The Morgan fingerprint density at radius 1 is 0.903 bits per heavy atom. The molecule has 1 N–H and O–H groups in total. The van der Waals surface area contributed by atoms with Crippen LogP contribution in [0.1, 0.15) is 0 Å². The van der Waals surface area contributed by atoms with E-state index in [9.17, 15) is 13.3 Å². The van der Waals surface area contributed by atoms with Gasteiger partial charge in [0.1, 0.15) is 17.2 Å². The second kappa shape index (κ2) is 8.11. The first-order valence-corrected chi connectivity index (χ1v) is 10.7. The van der Waals surface area contributed by atoms with Gasteiger partial charge >= 0.3 is 0 Å². The van der Waals surface area contributed by atoms with Gasteiger partial charge in [0.15, 0.2) is 0 Å². The maximum atomic E-state index is 13.3. The summed E-state index contributed by atoms with van der Waals surface area (Å²) < 4.78 is 37.9. The van der Waals surface area contributed by atoms with E-state index in [2.05, 4.69) is 10.5 Å². The predicted octanol–water partition coefficient (Wildman–Crippen LogP) is 5.04. The van der Waals surface area contributed by atoms with Crippen LogP contribution in [0.25, 0.3) is 10.9 Å². The minimum absolute atomic E-state index is 0.0216. The highest BCUT2D eigenvalue weighted by Crippen LogP contribution is 2.36. The van der Waals surface area contributed by atoms with Crippen molar-refractivity contribution in [2.24, 2.45) is 5.18 Å². The molecule has 0 fully saturated rings. The maximum Gasteiger partial charge on any atom is 0.268 e. The molecule has 1 heterocycles. The second-order valence-corrected chi connectivity index (χ2v) is 8.45. The Kier molecular flexibility index (Phi) is 5.35. The standard InChI is InChI=1S/C22H19N3O5S/c1-29-16-6-8-18(9-7-16)31(27,28)25-13-12-19-20(10-11-21(24-26)22(19)25)23-15-4-3-5-17(14-15)30-2/h3-14,23H,1-2H3. The first-order valence-electron chi connectivity index (χ1n) is 9.26. The lowest BCUT2D eigenvalue weighted by Gasteiger charge is -2.12. The zero-order chi connectivity index (χ0) is 22.0. The van der Waals surface area contributed by atoms with Gasteiger partial charge in [-0.25, -0.2) is 12.4 Å². The molecule has 0 aliphatic heterocycles. The van der Waals surface area contributed by atoms with Crippen LogP contribution in [-0.4, -0.2) is 26.6 Å². The van der Waals surface area contributed by atoms with Gasteiger partial charge in [0.05, 0.1) is 24.6 Å². The Morgan fingerprint density at radius 2 is 1.65 bits per heavy atom. The molecular weight excluding hydrogens is 418 g/mol. The van der Waals surface area contributed by atoms with Crippen molar-refractivity contribution in [1.29, 1.82) is 0 Å². The summed E-state index contributed by atoms with van der Waals surface area (Å²) in [5.41, 5.74) is 1.59. The molecule has 0 bridgehead atoms. The normalized spacial score (nSPS) is 11.3. The third-order valence-corrected chi connectivity index (χ3v) is 6.55. The van der Waals surface area contributed by atoms with Gasteiger partial charge in [0.2, 0.25) is 0 Å². The van der Waals surface area contributed by atoms with Crippen LogP contribution in [0.3, 0.4) is 0 Å². The van der Waals surface area contributed by atoms with Crippen LogP contribution in [0.2, 0.25) is 0 Å². The van der Waals surface area contributed by atoms with Gasteiger partial charge in [-0.1, -0.05) is 6.07 Å². The van der Waals surface area contributed by atoms with Gasteiger partial charge < -0.3 is 14.8 Å². The van der Waals surface area contributed by atoms with E-state index in [0.29, 0.717) is 22.6 Å². The fraction of sp³-hybridized carbons (Fsp3) is 0.0909. The third kappa shape index (κ3) is 3.71. The summed E-state index contributed by atoms with van der Waals surface area (Å²) in [4.78, 5) is 11.5. The SMILES string of the molecule is COc1ccc(S(=O)(=O)n2ccc3c(Nc4cccc(OC)c4)ccc(N=O)c32)cc1. The molecule has 4 rings (SSSR count). The Balaban J connectivity index is 1.84. The third-order valence-electron chi connectivity index (χ3n) is 4.86. The molecule has 0 aliphatic carbocycles. The first kappa shape index (κ1) is 20.4. The first-order chi connectivity index (χ1) is 15.0. The summed E-state index contributed by atoms with van der Waals surface area (Å²) in [6.45, 7) is 0. The van der Waals surface area contributed by atoms with Crippen LogP contribution in [0.15, 0.2) is 83.0 Å². The van der Waals surface area contributed by atoms with Crippen LogP contribution in [0.5, 0.6) is 11.5 Å². The van der Waals surface area contributed by atoms with Crippen LogP contribution >= 0.6 is 0 Å². The molecule has 3 aromatic carbocycles. The van der Waals surface area contributed by atoms with Crippen molar-refractivity contribution in [1.82, 2.24) is 3.97 Å². The summed E-state index contributed by atoms with van der Waals surface area (Å²) in [7, 11) is -0.888. The van der Waals surface area contributed by atoms with E-state index in [-0.39, 0.29) is 16.1 Å². The average molecular weight is 437 g/mol.